The summed E-state index contributed by atoms with van der Waals surface area (Å²) in [5.41, 5.74) is 6.81. The molecule has 2 atom stereocenters. The minimum atomic E-state index is -3.54. The second-order valence-corrected chi connectivity index (χ2v) is 6.26. The number of carbonyl (C=O) groups is 1. The molecular weight excluding hydrogens is 302 g/mol. The average Bonchev–Trinajstić information content (AvgIpc) is 2.28. The van der Waals surface area contributed by atoms with Crippen molar-refractivity contribution in [3.05, 3.63) is 29.8 Å². The second-order valence-electron chi connectivity index (χ2n) is 4.64. The molecule has 8 heteroatoms. The number of carbonyl (C=O) groups excluding carboxylic acids is 1. The molecule has 1 rings (SSSR count). The third-order valence-corrected chi connectivity index (χ3v) is 3.53. The van der Waals surface area contributed by atoms with E-state index in [-0.39, 0.29) is 36.0 Å². The number of anilines is 1. The van der Waals surface area contributed by atoms with Crippen molar-refractivity contribution in [3.63, 3.8) is 0 Å². The third kappa shape index (κ3) is 6.33. The smallest absolute Gasteiger partial charge is 0.228 e. The molecule has 0 saturated heterocycles. The van der Waals surface area contributed by atoms with Crippen LogP contribution in [0.4, 0.5) is 5.69 Å². The lowest BCUT2D eigenvalue weighted by Gasteiger charge is -2.15. The average molecular weight is 322 g/mol. The Balaban J connectivity index is 0.00000361. The van der Waals surface area contributed by atoms with E-state index in [4.69, 9.17) is 10.9 Å². The number of amides is 1. The predicted molar refractivity (Wildman–Crippen MR) is 81.9 cm³/mol. The number of rotatable bonds is 5. The molecule has 2 unspecified atom stereocenters. The molecule has 0 radical (unpaired) electrons. The maximum atomic E-state index is 11.8. The number of sulfonamides is 1. The van der Waals surface area contributed by atoms with E-state index >= 15 is 0 Å². The van der Waals surface area contributed by atoms with Crippen molar-refractivity contribution >= 4 is 34.0 Å². The van der Waals surface area contributed by atoms with Gasteiger partial charge in [-0.05, 0) is 24.6 Å². The molecule has 114 valence electrons. The number of benzene rings is 1. The minimum absolute atomic E-state index is 0. The summed E-state index contributed by atoms with van der Waals surface area (Å²) in [6.07, 6.45) is 0. The highest BCUT2D eigenvalue weighted by Gasteiger charge is 2.16. The lowest BCUT2D eigenvalue weighted by Crippen LogP contribution is -2.34. The monoisotopic (exact) mass is 321 g/mol. The minimum Gasteiger partial charge on any atom is -0.327 e. The molecule has 0 bridgehead atoms. The Labute approximate surface area is 125 Å². The number of hydrogen-bond donors (Lipinski definition) is 3. The summed E-state index contributed by atoms with van der Waals surface area (Å²) in [4.78, 5) is 11.8. The zero-order valence-electron chi connectivity index (χ0n) is 11.4. The molecular formula is C12H20ClN3O3S. The van der Waals surface area contributed by atoms with Crippen LogP contribution in [-0.4, -0.2) is 20.4 Å². The number of halogens is 1. The standard InChI is InChI=1S/C12H19N3O3S.ClH/c1-8(9(2)13)12(16)15-11-5-3-10(4-6-11)7-19(14,17)18;/h3-6,8-9H,7,13H2,1-2H3,(H,15,16)(H2,14,17,18);1H. The van der Waals surface area contributed by atoms with Crippen LogP contribution in [0.1, 0.15) is 19.4 Å². The molecule has 0 fully saturated rings. The molecule has 5 N–H and O–H groups in total. The highest BCUT2D eigenvalue weighted by Crippen LogP contribution is 2.13. The van der Waals surface area contributed by atoms with E-state index in [0.29, 0.717) is 11.3 Å². The molecule has 6 nitrogen and oxygen atoms in total. The topological polar surface area (TPSA) is 115 Å². The van der Waals surface area contributed by atoms with Gasteiger partial charge in [0.25, 0.3) is 0 Å². The van der Waals surface area contributed by atoms with Crippen LogP contribution >= 0.6 is 12.4 Å². The Morgan fingerprint density at radius 3 is 2.15 bits per heavy atom. The summed E-state index contributed by atoms with van der Waals surface area (Å²) in [5.74, 6) is -0.699. The van der Waals surface area contributed by atoms with Crippen molar-refractivity contribution < 1.29 is 13.2 Å². The zero-order chi connectivity index (χ0) is 14.6. The highest BCUT2D eigenvalue weighted by atomic mass is 35.5. The third-order valence-electron chi connectivity index (χ3n) is 2.79. The summed E-state index contributed by atoms with van der Waals surface area (Å²) in [6.45, 7) is 3.51. The Morgan fingerprint density at radius 2 is 1.75 bits per heavy atom. The molecule has 0 aromatic heterocycles. The van der Waals surface area contributed by atoms with E-state index in [1.807, 2.05) is 0 Å². The summed E-state index contributed by atoms with van der Waals surface area (Å²) in [6, 6.07) is 6.24. The van der Waals surface area contributed by atoms with Gasteiger partial charge < -0.3 is 11.1 Å². The fraction of sp³-hybridized carbons (Fsp3) is 0.417. The van der Waals surface area contributed by atoms with Gasteiger partial charge in [0.1, 0.15) is 0 Å². The Hall–Kier alpha value is -1.15. The fourth-order valence-electron chi connectivity index (χ4n) is 1.41. The molecule has 0 spiro atoms. The van der Waals surface area contributed by atoms with Crippen LogP contribution in [0.15, 0.2) is 24.3 Å². The van der Waals surface area contributed by atoms with Crippen LogP contribution in [0.25, 0.3) is 0 Å². The molecule has 0 aliphatic heterocycles. The van der Waals surface area contributed by atoms with Crippen LogP contribution in [0, 0.1) is 5.92 Å². The highest BCUT2D eigenvalue weighted by molar-refractivity contribution is 7.88. The van der Waals surface area contributed by atoms with Crippen molar-refractivity contribution in [2.24, 2.45) is 16.8 Å². The lowest BCUT2D eigenvalue weighted by atomic mass is 10.0. The normalized spacial score (nSPS) is 14.0. The quantitative estimate of drug-likeness (QED) is 0.744. The van der Waals surface area contributed by atoms with E-state index < -0.39 is 10.0 Å². The lowest BCUT2D eigenvalue weighted by molar-refractivity contribution is -0.119. The number of hydrogen-bond acceptors (Lipinski definition) is 4. The number of nitrogens with two attached hydrogens (primary N) is 2. The molecule has 1 aromatic rings. The van der Waals surface area contributed by atoms with Gasteiger partial charge in [-0.25, -0.2) is 13.6 Å². The van der Waals surface area contributed by atoms with Gasteiger partial charge in [-0.15, -0.1) is 12.4 Å². The van der Waals surface area contributed by atoms with Crippen LogP contribution in [0.5, 0.6) is 0 Å². The van der Waals surface area contributed by atoms with Gasteiger partial charge in [0.2, 0.25) is 15.9 Å². The molecule has 0 aliphatic carbocycles. The largest absolute Gasteiger partial charge is 0.327 e. The second kappa shape index (κ2) is 7.58. The van der Waals surface area contributed by atoms with Crippen LogP contribution in [-0.2, 0) is 20.6 Å². The first kappa shape index (κ1) is 18.9. The Morgan fingerprint density at radius 1 is 1.25 bits per heavy atom. The van der Waals surface area contributed by atoms with Gasteiger partial charge in [-0.3, -0.25) is 4.79 Å². The van der Waals surface area contributed by atoms with E-state index in [2.05, 4.69) is 5.32 Å². The molecule has 0 aliphatic rings. The summed E-state index contributed by atoms with van der Waals surface area (Å²) in [7, 11) is -3.54. The van der Waals surface area contributed by atoms with Gasteiger partial charge in [-0.1, -0.05) is 19.1 Å². The first-order valence-corrected chi connectivity index (χ1v) is 7.56. The van der Waals surface area contributed by atoms with Crippen molar-refractivity contribution in [3.8, 4) is 0 Å². The maximum Gasteiger partial charge on any atom is 0.228 e. The zero-order valence-corrected chi connectivity index (χ0v) is 13.0. The van der Waals surface area contributed by atoms with Crippen LogP contribution < -0.4 is 16.2 Å². The van der Waals surface area contributed by atoms with Gasteiger partial charge in [-0.2, -0.15) is 0 Å². The molecule has 1 aromatic carbocycles. The van der Waals surface area contributed by atoms with Gasteiger partial charge in [0.05, 0.1) is 11.7 Å². The van der Waals surface area contributed by atoms with Crippen molar-refractivity contribution in [1.82, 2.24) is 0 Å². The van der Waals surface area contributed by atoms with E-state index in [1.165, 1.54) is 0 Å². The van der Waals surface area contributed by atoms with Crippen molar-refractivity contribution in [1.29, 1.82) is 0 Å². The van der Waals surface area contributed by atoms with Gasteiger partial charge in [0, 0.05) is 11.7 Å². The number of nitrogens with one attached hydrogen (secondary N) is 1. The predicted octanol–water partition coefficient (Wildman–Crippen LogP) is 0.819. The van der Waals surface area contributed by atoms with Crippen LogP contribution in [0.3, 0.4) is 0 Å². The molecule has 1 amide bonds. The molecule has 0 saturated carbocycles. The molecule has 0 heterocycles. The van der Waals surface area contributed by atoms with E-state index in [0.717, 1.165) is 0 Å². The summed E-state index contributed by atoms with van der Waals surface area (Å²) < 4.78 is 21.8. The SMILES string of the molecule is CC(N)C(C)C(=O)Nc1ccc(CS(N)(=O)=O)cc1.Cl. The van der Waals surface area contributed by atoms with Crippen molar-refractivity contribution in [2.45, 2.75) is 25.6 Å². The van der Waals surface area contributed by atoms with E-state index in [9.17, 15) is 13.2 Å². The number of primary sulfonamides is 1. The van der Waals surface area contributed by atoms with Crippen LogP contribution in [0.2, 0.25) is 0 Å². The first-order valence-electron chi connectivity index (χ1n) is 5.85. The van der Waals surface area contributed by atoms with Crippen molar-refractivity contribution in [2.75, 3.05) is 5.32 Å². The Kier molecular flexibility index (Phi) is 7.15. The maximum absolute atomic E-state index is 11.8. The fourth-order valence-corrected chi connectivity index (χ4v) is 2.07. The summed E-state index contributed by atoms with van der Waals surface area (Å²) in [5, 5.41) is 7.66. The van der Waals surface area contributed by atoms with Gasteiger partial charge >= 0.3 is 0 Å². The molecule has 20 heavy (non-hydrogen) atoms. The van der Waals surface area contributed by atoms with Gasteiger partial charge in [0.15, 0.2) is 0 Å². The summed E-state index contributed by atoms with van der Waals surface area (Å²) >= 11 is 0. The van der Waals surface area contributed by atoms with E-state index in [1.54, 1.807) is 38.1 Å². The first-order chi connectivity index (χ1) is 8.69. The Bertz CT molecular complexity index is 544.